The fourth-order valence-corrected chi connectivity index (χ4v) is 2.04. The van der Waals surface area contributed by atoms with Gasteiger partial charge in [-0.05, 0) is 39.7 Å². The number of carboxylic acid groups (broad SMARTS) is 1. The van der Waals surface area contributed by atoms with Crippen LogP contribution in [0.1, 0.15) is 26.4 Å². The molecule has 2 rings (SSSR count). The molecule has 2 aromatic rings. The molecule has 0 fully saturated rings. The summed E-state index contributed by atoms with van der Waals surface area (Å²) in [7, 11) is 0. The van der Waals surface area contributed by atoms with Crippen LogP contribution in [0.5, 0.6) is 0 Å². The smallest absolute Gasteiger partial charge is 0.354 e. The molecule has 0 aliphatic heterocycles. The van der Waals surface area contributed by atoms with Crippen molar-refractivity contribution in [1.82, 2.24) is 10.3 Å². The second-order valence-corrected chi connectivity index (χ2v) is 4.87. The van der Waals surface area contributed by atoms with E-state index in [4.69, 9.17) is 5.11 Å². The SMILES string of the molecule is O=C(O)c1ccc(CNC(=O)c2ccccc2Br)cn1. The molecule has 0 unspecified atom stereocenters. The van der Waals surface area contributed by atoms with Crippen LogP contribution in [0.2, 0.25) is 0 Å². The van der Waals surface area contributed by atoms with Gasteiger partial charge in [-0.3, -0.25) is 4.79 Å². The van der Waals surface area contributed by atoms with Crippen molar-refractivity contribution < 1.29 is 14.7 Å². The predicted molar refractivity (Wildman–Crippen MR) is 76.5 cm³/mol. The summed E-state index contributed by atoms with van der Waals surface area (Å²) in [4.78, 5) is 26.4. The fourth-order valence-electron chi connectivity index (χ4n) is 1.58. The molecule has 1 aromatic heterocycles. The lowest BCUT2D eigenvalue weighted by Crippen LogP contribution is -2.23. The molecule has 5 nitrogen and oxygen atoms in total. The summed E-state index contributed by atoms with van der Waals surface area (Å²) >= 11 is 3.31. The summed E-state index contributed by atoms with van der Waals surface area (Å²) in [6, 6.07) is 10.1. The number of carbonyl (C=O) groups is 2. The summed E-state index contributed by atoms with van der Waals surface area (Å²) in [5.41, 5.74) is 1.25. The third kappa shape index (κ3) is 3.42. The fraction of sp³-hybridized carbons (Fsp3) is 0.0714. The van der Waals surface area contributed by atoms with E-state index >= 15 is 0 Å². The Kier molecular flexibility index (Phi) is 4.47. The Morgan fingerprint density at radius 2 is 1.95 bits per heavy atom. The van der Waals surface area contributed by atoms with Gasteiger partial charge in [0, 0.05) is 17.2 Å². The highest BCUT2D eigenvalue weighted by Crippen LogP contribution is 2.15. The molecule has 6 heteroatoms. The number of amides is 1. The molecule has 0 radical (unpaired) electrons. The lowest BCUT2D eigenvalue weighted by atomic mass is 10.2. The number of hydrogen-bond acceptors (Lipinski definition) is 3. The van der Waals surface area contributed by atoms with Gasteiger partial charge in [-0.25, -0.2) is 9.78 Å². The van der Waals surface area contributed by atoms with E-state index in [2.05, 4.69) is 26.2 Å². The van der Waals surface area contributed by atoms with E-state index < -0.39 is 5.97 Å². The van der Waals surface area contributed by atoms with Crippen LogP contribution in [-0.4, -0.2) is 22.0 Å². The Morgan fingerprint density at radius 1 is 1.20 bits per heavy atom. The Bertz CT molecular complexity index is 641. The molecule has 1 aromatic carbocycles. The highest BCUT2D eigenvalue weighted by molar-refractivity contribution is 9.10. The van der Waals surface area contributed by atoms with Crippen LogP contribution in [0.3, 0.4) is 0 Å². The quantitative estimate of drug-likeness (QED) is 0.900. The van der Waals surface area contributed by atoms with Crippen molar-refractivity contribution in [2.24, 2.45) is 0 Å². The number of aromatic nitrogens is 1. The zero-order valence-corrected chi connectivity index (χ0v) is 11.9. The van der Waals surface area contributed by atoms with Crippen LogP contribution in [0, 0.1) is 0 Å². The van der Waals surface area contributed by atoms with E-state index in [1.54, 1.807) is 24.3 Å². The van der Waals surface area contributed by atoms with Crippen molar-refractivity contribution >= 4 is 27.8 Å². The Hall–Kier alpha value is -2.21. The van der Waals surface area contributed by atoms with E-state index in [9.17, 15) is 9.59 Å². The average molecular weight is 335 g/mol. The minimum Gasteiger partial charge on any atom is -0.477 e. The van der Waals surface area contributed by atoms with Crippen LogP contribution in [-0.2, 0) is 6.54 Å². The number of benzene rings is 1. The van der Waals surface area contributed by atoms with Crippen LogP contribution in [0.4, 0.5) is 0 Å². The van der Waals surface area contributed by atoms with E-state index in [-0.39, 0.29) is 18.1 Å². The van der Waals surface area contributed by atoms with Crippen LogP contribution < -0.4 is 5.32 Å². The molecule has 1 heterocycles. The van der Waals surface area contributed by atoms with E-state index in [0.29, 0.717) is 5.56 Å². The number of rotatable bonds is 4. The molecule has 0 aliphatic carbocycles. The molecular formula is C14H11BrN2O3. The molecular weight excluding hydrogens is 324 g/mol. The Morgan fingerprint density at radius 3 is 2.55 bits per heavy atom. The number of carboxylic acids is 1. The van der Waals surface area contributed by atoms with Crippen molar-refractivity contribution in [2.45, 2.75) is 6.54 Å². The van der Waals surface area contributed by atoms with E-state index in [0.717, 1.165) is 10.0 Å². The molecule has 20 heavy (non-hydrogen) atoms. The van der Waals surface area contributed by atoms with Gasteiger partial charge < -0.3 is 10.4 Å². The van der Waals surface area contributed by atoms with Crippen LogP contribution in [0.25, 0.3) is 0 Å². The van der Waals surface area contributed by atoms with Gasteiger partial charge in [0.2, 0.25) is 0 Å². The summed E-state index contributed by atoms with van der Waals surface area (Å²) < 4.78 is 0.719. The van der Waals surface area contributed by atoms with Crippen molar-refractivity contribution in [1.29, 1.82) is 0 Å². The minimum atomic E-state index is -1.08. The number of halogens is 1. The summed E-state index contributed by atoms with van der Waals surface area (Å²) in [5.74, 6) is -1.28. The first-order chi connectivity index (χ1) is 9.58. The second kappa shape index (κ2) is 6.29. The molecule has 1 amide bonds. The number of nitrogens with one attached hydrogen (secondary N) is 1. The van der Waals surface area contributed by atoms with Crippen molar-refractivity contribution in [3.63, 3.8) is 0 Å². The number of hydrogen-bond donors (Lipinski definition) is 2. The highest BCUT2D eigenvalue weighted by atomic mass is 79.9. The van der Waals surface area contributed by atoms with E-state index in [1.165, 1.54) is 12.3 Å². The maximum absolute atomic E-state index is 12.0. The van der Waals surface area contributed by atoms with Gasteiger partial charge in [-0.1, -0.05) is 18.2 Å². The van der Waals surface area contributed by atoms with Crippen LogP contribution >= 0.6 is 15.9 Å². The molecule has 0 saturated carbocycles. The van der Waals surface area contributed by atoms with Gasteiger partial charge in [-0.15, -0.1) is 0 Å². The van der Waals surface area contributed by atoms with Gasteiger partial charge in [0.15, 0.2) is 0 Å². The third-order valence-electron chi connectivity index (χ3n) is 2.62. The molecule has 0 aliphatic rings. The first kappa shape index (κ1) is 14.2. The predicted octanol–water partition coefficient (Wildman–Crippen LogP) is 2.47. The maximum Gasteiger partial charge on any atom is 0.354 e. The van der Waals surface area contributed by atoms with Crippen molar-refractivity contribution in [2.75, 3.05) is 0 Å². The standard InChI is InChI=1S/C14H11BrN2O3/c15-11-4-2-1-3-10(11)13(18)17-8-9-5-6-12(14(19)20)16-7-9/h1-7H,8H2,(H,17,18)(H,19,20). The summed E-state index contributed by atoms with van der Waals surface area (Å²) in [5, 5.41) is 11.5. The Labute approximate surface area is 123 Å². The molecule has 0 bridgehead atoms. The first-order valence-corrected chi connectivity index (χ1v) is 6.58. The third-order valence-corrected chi connectivity index (χ3v) is 3.31. The second-order valence-electron chi connectivity index (χ2n) is 4.02. The maximum atomic E-state index is 12.0. The van der Waals surface area contributed by atoms with Gasteiger partial charge in [-0.2, -0.15) is 0 Å². The number of aromatic carboxylic acids is 1. The van der Waals surface area contributed by atoms with Crippen molar-refractivity contribution in [3.05, 3.63) is 63.9 Å². The molecule has 0 spiro atoms. The number of pyridine rings is 1. The zero-order chi connectivity index (χ0) is 14.5. The molecule has 102 valence electrons. The zero-order valence-electron chi connectivity index (χ0n) is 10.3. The van der Waals surface area contributed by atoms with Gasteiger partial charge in [0.1, 0.15) is 5.69 Å². The van der Waals surface area contributed by atoms with Crippen LogP contribution in [0.15, 0.2) is 47.1 Å². The number of nitrogens with zero attached hydrogens (tertiary/aromatic N) is 1. The topological polar surface area (TPSA) is 79.3 Å². The van der Waals surface area contributed by atoms with E-state index in [1.807, 2.05) is 6.07 Å². The largest absolute Gasteiger partial charge is 0.477 e. The highest BCUT2D eigenvalue weighted by Gasteiger charge is 2.09. The van der Waals surface area contributed by atoms with Gasteiger partial charge >= 0.3 is 5.97 Å². The molecule has 2 N–H and O–H groups in total. The summed E-state index contributed by atoms with van der Waals surface area (Å²) in [6.07, 6.45) is 1.43. The molecule has 0 atom stereocenters. The molecule has 0 saturated heterocycles. The van der Waals surface area contributed by atoms with Gasteiger partial charge in [0.25, 0.3) is 5.91 Å². The average Bonchev–Trinajstić information content (AvgIpc) is 2.45. The summed E-state index contributed by atoms with van der Waals surface area (Å²) in [6.45, 7) is 0.285. The number of carbonyl (C=O) groups excluding carboxylic acids is 1. The monoisotopic (exact) mass is 334 g/mol. The Balaban J connectivity index is 2.00. The van der Waals surface area contributed by atoms with Crippen molar-refractivity contribution in [3.8, 4) is 0 Å². The normalized spacial score (nSPS) is 10.1. The van der Waals surface area contributed by atoms with Gasteiger partial charge in [0.05, 0.1) is 5.56 Å². The first-order valence-electron chi connectivity index (χ1n) is 5.79. The minimum absolute atomic E-state index is 0.0223. The lowest BCUT2D eigenvalue weighted by molar-refractivity contribution is 0.0690. The lowest BCUT2D eigenvalue weighted by Gasteiger charge is -2.06.